The van der Waals surface area contributed by atoms with E-state index in [-0.39, 0.29) is 12.3 Å². The lowest BCUT2D eigenvalue weighted by molar-refractivity contribution is -0.118. The van der Waals surface area contributed by atoms with Crippen LogP contribution in [-0.2, 0) is 17.6 Å². The summed E-state index contributed by atoms with van der Waals surface area (Å²) in [6.45, 7) is 4.89. The Morgan fingerprint density at radius 1 is 1.19 bits per heavy atom. The van der Waals surface area contributed by atoms with Crippen LogP contribution >= 0.6 is 0 Å². The fourth-order valence-corrected chi connectivity index (χ4v) is 3.52. The molecule has 1 aliphatic heterocycles. The Morgan fingerprint density at radius 3 is 2.81 bits per heavy atom. The molecular weight excluding hydrogens is 326 g/mol. The van der Waals surface area contributed by atoms with E-state index < -0.39 is 0 Å². The van der Waals surface area contributed by atoms with Crippen molar-refractivity contribution in [3.8, 4) is 11.4 Å². The second kappa shape index (κ2) is 6.75. The third kappa shape index (κ3) is 3.12. The highest BCUT2D eigenvalue weighted by molar-refractivity contribution is 5.95. The highest BCUT2D eigenvalue weighted by atomic mass is 16.5. The van der Waals surface area contributed by atoms with Crippen LogP contribution in [0.15, 0.2) is 53.1 Å². The Morgan fingerprint density at radius 2 is 1.96 bits per heavy atom. The summed E-state index contributed by atoms with van der Waals surface area (Å²) in [6.07, 6.45) is 1.11. The van der Waals surface area contributed by atoms with Gasteiger partial charge in [0.1, 0.15) is 6.42 Å². The third-order valence-electron chi connectivity index (χ3n) is 4.80. The predicted octanol–water partition coefficient (Wildman–Crippen LogP) is 3.81. The zero-order valence-electron chi connectivity index (χ0n) is 15.0. The van der Waals surface area contributed by atoms with Crippen LogP contribution in [0.3, 0.4) is 0 Å². The van der Waals surface area contributed by atoms with E-state index in [1.807, 2.05) is 54.3 Å². The largest absolute Gasteiger partial charge is 0.338 e. The van der Waals surface area contributed by atoms with E-state index in [4.69, 9.17) is 4.52 Å². The number of amides is 1. The molecule has 132 valence electrons. The van der Waals surface area contributed by atoms with Crippen molar-refractivity contribution < 1.29 is 9.32 Å². The normalized spacial score (nSPS) is 16.4. The van der Waals surface area contributed by atoms with Crippen LogP contribution in [0.5, 0.6) is 0 Å². The molecule has 2 aromatic carbocycles. The first-order valence-electron chi connectivity index (χ1n) is 8.88. The van der Waals surface area contributed by atoms with E-state index in [1.165, 1.54) is 5.56 Å². The molecule has 1 aromatic heterocycles. The van der Waals surface area contributed by atoms with Gasteiger partial charge in [-0.25, -0.2) is 0 Å². The molecule has 0 radical (unpaired) electrons. The van der Waals surface area contributed by atoms with Crippen LogP contribution in [0.4, 0.5) is 5.69 Å². The third-order valence-corrected chi connectivity index (χ3v) is 4.80. The van der Waals surface area contributed by atoms with Crippen molar-refractivity contribution in [2.75, 3.05) is 11.4 Å². The molecule has 1 aliphatic rings. The number of aromatic nitrogens is 2. The number of para-hydroxylation sites is 1. The van der Waals surface area contributed by atoms with Crippen molar-refractivity contribution >= 4 is 11.6 Å². The number of carbonyl (C=O) groups is 1. The summed E-state index contributed by atoms with van der Waals surface area (Å²) in [7, 11) is 0. The molecule has 0 bridgehead atoms. The maximum atomic E-state index is 12.9. The fraction of sp³-hybridized carbons (Fsp3) is 0.286. The Balaban J connectivity index is 1.55. The summed E-state index contributed by atoms with van der Waals surface area (Å²) < 4.78 is 5.34. The molecule has 0 fully saturated rings. The highest BCUT2D eigenvalue weighted by Crippen LogP contribution is 2.30. The van der Waals surface area contributed by atoms with Gasteiger partial charge in [0, 0.05) is 17.8 Å². The summed E-state index contributed by atoms with van der Waals surface area (Å²) in [6, 6.07) is 16.0. The summed E-state index contributed by atoms with van der Waals surface area (Å²) in [4.78, 5) is 19.2. The quantitative estimate of drug-likeness (QED) is 0.723. The van der Waals surface area contributed by atoms with E-state index in [9.17, 15) is 4.79 Å². The molecule has 1 unspecified atom stereocenters. The number of aryl methyl sites for hydroxylation is 1. The number of rotatable bonds is 3. The minimum atomic E-state index is -0.0102. The van der Waals surface area contributed by atoms with Crippen molar-refractivity contribution in [3.05, 3.63) is 65.5 Å². The summed E-state index contributed by atoms with van der Waals surface area (Å²) in [5, 5.41) is 4.05. The van der Waals surface area contributed by atoms with Gasteiger partial charge in [0.25, 0.3) is 0 Å². The Labute approximate surface area is 152 Å². The predicted molar refractivity (Wildman–Crippen MR) is 99.8 cm³/mol. The zero-order valence-corrected chi connectivity index (χ0v) is 15.0. The van der Waals surface area contributed by atoms with Crippen LogP contribution in [0.1, 0.15) is 23.9 Å². The molecule has 1 atom stereocenters. The van der Waals surface area contributed by atoms with E-state index in [0.717, 1.165) is 23.2 Å². The first kappa shape index (κ1) is 16.5. The number of fused-ring (bicyclic) bond motifs is 1. The van der Waals surface area contributed by atoms with Gasteiger partial charge in [-0.1, -0.05) is 54.5 Å². The van der Waals surface area contributed by atoms with Gasteiger partial charge in [-0.2, -0.15) is 4.98 Å². The molecule has 2 heterocycles. The Bertz CT molecular complexity index is 948. The van der Waals surface area contributed by atoms with Gasteiger partial charge in [-0.3, -0.25) is 4.79 Å². The fourth-order valence-electron chi connectivity index (χ4n) is 3.52. The summed E-state index contributed by atoms with van der Waals surface area (Å²) >= 11 is 0. The maximum Gasteiger partial charge on any atom is 0.236 e. The van der Waals surface area contributed by atoms with E-state index in [2.05, 4.69) is 23.1 Å². The smallest absolute Gasteiger partial charge is 0.236 e. The highest BCUT2D eigenvalue weighted by Gasteiger charge is 2.27. The van der Waals surface area contributed by atoms with Gasteiger partial charge < -0.3 is 9.42 Å². The lowest BCUT2D eigenvalue weighted by atomic mass is 9.93. The summed E-state index contributed by atoms with van der Waals surface area (Å²) in [5.74, 6) is 1.30. The number of hydrogen-bond acceptors (Lipinski definition) is 4. The van der Waals surface area contributed by atoms with Gasteiger partial charge in [-0.15, -0.1) is 0 Å². The molecule has 0 saturated carbocycles. The van der Waals surface area contributed by atoms with Gasteiger partial charge >= 0.3 is 0 Å². The SMILES string of the molecule is Cc1ccccc1-c1noc(CC(=O)N2CC(C)Cc3ccccc32)n1. The molecule has 0 N–H and O–H groups in total. The van der Waals surface area contributed by atoms with Crippen molar-refractivity contribution in [1.82, 2.24) is 10.1 Å². The molecule has 3 aromatic rings. The number of carbonyl (C=O) groups excluding carboxylic acids is 1. The Kier molecular flexibility index (Phi) is 4.29. The average molecular weight is 347 g/mol. The number of anilines is 1. The number of nitrogens with zero attached hydrogens (tertiary/aromatic N) is 3. The van der Waals surface area contributed by atoms with Crippen molar-refractivity contribution in [3.63, 3.8) is 0 Å². The molecular formula is C21H21N3O2. The maximum absolute atomic E-state index is 12.9. The minimum Gasteiger partial charge on any atom is -0.338 e. The molecule has 5 nitrogen and oxygen atoms in total. The van der Waals surface area contributed by atoms with E-state index >= 15 is 0 Å². The molecule has 4 rings (SSSR count). The lowest BCUT2D eigenvalue weighted by Crippen LogP contribution is -2.40. The number of hydrogen-bond donors (Lipinski definition) is 0. The van der Waals surface area contributed by atoms with Crippen LogP contribution in [0.2, 0.25) is 0 Å². The van der Waals surface area contributed by atoms with Crippen LogP contribution in [-0.4, -0.2) is 22.6 Å². The number of benzene rings is 2. The van der Waals surface area contributed by atoms with E-state index in [0.29, 0.717) is 24.2 Å². The standard InChI is InChI=1S/C21H21N3O2/c1-14-11-16-8-4-6-10-18(16)24(13-14)20(25)12-19-22-21(23-26-19)17-9-5-3-7-15(17)2/h3-10,14H,11-13H2,1-2H3. The monoisotopic (exact) mass is 347 g/mol. The molecule has 5 heteroatoms. The minimum absolute atomic E-state index is 0.0102. The van der Waals surface area contributed by atoms with Crippen LogP contribution < -0.4 is 4.90 Å². The van der Waals surface area contributed by atoms with E-state index in [1.54, 1.807) is 0 Å². The van der Waals surface area contributed by atoms with Gasteiger partial charge in [0.15, 0.2) is 0 Å². The molecule has 0 aliphatic carbocycles. The second-order valence-corrected chi connectivity index (χ2v) is 6.95. The average Bonchev–Trinajstić information content (AvgIpc) is 3.09. The zero-order chi connectivity index (χ0) is 18.1. The van der Waals surface area contributed by atoms with Crippen LogP contribution in [0, 0.1) is 12.8 Å². The molecule has 1 amide bonds. The summed E-state index contributed by atoms with van der Waals surface area (Å²) in [5.41, 5.74) is 4.21. The molecule has 26 heavy (non-hydrogen) atoms. The first-order chi connectivity index (χ1) is 12.6. The van der Waals surface area contributed by atoms with Gasteiger partial charge in [-0.05, 0) is 36.5 Å². The van der Waals surface area contributed by atoms with Crippen LogP contribution in [0.25, 0.3) is 11.4 Å². The molecule has 0 spiro atoms. The van der Waals surface area contributed by atoms with Gasteiger partial charge in [0.2, 0.25) is 17.6 Å². The lowest BCUT2D eigenvalue weighted by Gasteiger charge is -2.33. The van der Waals surface area contributed by atoms with Crippen molar-refractivity contribution in [2.45, 2.75) is 26.7 Å². The van der Waals surface area contributed by atoms with Gasteiger partial charge in [0.05, 0.1) is 0 Å². The second-order valence-electron chi connectivity index (χ2n) is 6.95. The van der Waals surface area contributed by atoms with Crippen molar-refractivity contribution in [2.24, 2.45) is 5.92 Å². The topological polar surface area (TPSA) is 59.2 Å². The van der Waals surface area contributed by atoms with Crippen molar-refractivity contribution in [1.29, 1.82) is 0 Å². The Hall–Kier alpha value is -2.95. The molecule has 0 saturated heterocycles. The first-order valence-corrected chi connectivity index (χ1v) is 8.88.